The fourth-order valence-electron chi connectivity index (χ4n) is 3.34. The minimum Gasteiger partial charge on any atom is -0.385 e. The van der Waals surface area contributed by atoms with Gasteiger partial charge in [-0.1, -0.05) is 19.8 Å². The molecule has 0 radical (unpaired) electrons. The molecule has 2 unspecified atom stereocenters. The molecule has 2 N–H and O–H groups in total. The Hall–Kier alpha value is -0.0400. The zero-order chi connectivity index (χ0) is 15.1. The highest BCUT2D eigenvalue weighted by Crippen LogP contribution is 2.44. The van der Waals surface area contributed by atoms with Crippen molar-refractivity contribution in [2.24, 2.45) is 16.3 Å². The largest absolute Gasteiger partial charge is 0.385 e. The van der Waals surface area contributed by atoms with Crippen molar-refractivity contribution in [3.63, 3.8) is 0 Å². The third-order valence-corrected chi connectivity index (χ3v) is 5.07. The van der Waals surface area contributed by atoms with E-state index in [0.717, 1.165) is 38.0 Å². The average molecular weight is 423 g/mol. The number of halogens is 1. The third-order valence-electron chi connectivity index (χ3n) is 5.07. The molecule has 0 aromatic carbocycles. The van der Waals surface area contributed by atoms with E-state index in [1.54, 1.807) is 7.11 Å². The summed E-state index contributed by atoms with van der Waals surface area (Å²) >= 11 is 0. The molecule has 5 heteroatoms. The van der Waals surface area contributed by atoms with Crippen LogP contribution in [0.5, 0.6) is 0 Å². The van der Waals surface area contributed by atoms with E-state index in [4.69, 9.17) is 9.73 Å². The van der Waals surface area contributed by atoms with Crippen molar-refractivity contribution in [2.45, 2.75) is 64.8 Å². The zero-order valence-corrected chi connectivity index (χ0v) is 16.8. The smallest absolute Gasteiger partial charge is 0.191 e. The number of ether oxygens (including phenoxy) is 1. The molecule has 4 nitrogen and oxygen atoms in total. The predicted octanol–water partition coefficient (Wildman–Crippen LogP) is 3.55. The maximum Gasteiger partial charge on any atom is 0.191 e. The van der Waals surface area contributed by atoms with Crippen LogP contribution in [0.3, 0.4) is 0 Å². The van der Waals surface area contributed by atoms with Gasteiger partial charge in [-0.2, -0.15) is 0 Å². The van der Waals surface area contributed by atoms with Gasteiger partial charge in [0.2, 0.25) is 0 Å². The van der Waals surface area contributed by atoms with E-state index in [1.165, 1.54) is 38.5 Å². The van der Waals surface area contributed by atoms with Crippen LogP contribution in [0, 0.1) is 11.3 Å². The summed E-state index contributed by atoms with van der Waals surface area (Å²) in [4.78, 5) is 4.87. The Morgan fingerprint density at radius 1 is 1.32 bits per heavy atom. The molecule has 22 heavy (non-hydrogen) atoms. The number of methoxy groups -OCH3 is 1. The summed E-state index contributed by atoms with van der Waals surface area (Å²) in [5, 5.41) is 7.01. The van der Waals surface area contributed by atoms with Crippen molar-refractivity contribution >= 4 is 29.9 Å². The summed E-state index contributed by atoms with van der Waals surface area (Å²) in [5.41, 5.74) is 0.407. The van der Waals surface area contributed by atoms with Gasteiger partial charge in [-0.15, -0.1) is 24.0 Å². The molecule has 2 fully saturated rings. The van der Waals surface area contributed by atoms with Crippen LogP contribution in [-0.2, 0) is 4.74 Å². The van der Waals surface area contributed by atoms with Crippen LogP contribution in [0.2, 0.25) is 0 Å². The molecular formula is C17H34IN3O. The SMILES string of the molecule is CCCC1CC1NC(=NCC1(CCOC)CCC1)NCC.I. The minimum absolute atomic E-state index is 0. The number of hydrogen-bond acceptors (Lipinski definition) is 2. The van der Waals surface area contributed by atoms with Gasteiger partial charge in [0.15, 0.2) is 5.96 Å². The number of hydrogen-bond donors (Lipinski definition) is 2. The van der Waals surface area contributed by atoms with E-state index < -0.39 is 0 Å². The first-order valence-electron chi connectivity index (χ1n) is 8.77. The van der Waals surface area contributed by atoms with E-state index in [1.807, 2.05) is 0 Å². The van der Waals surface area contributed by atoms with Crippen molar-refractivity contribution in [3.05, 3.63) is 0 Å². The first-order valence-corrected chi connectivity index (χ1v) is 8.77. The summed E-state index contributed by atoms with van der Waals surface area (Å²) < 4.78 is 5.26. The molecule has 130 valence electrons. The first-order chi connectivity index (χ1) is 10.2. The molecule has 2 atom stereocenters. The molecule has 0 aromatic rings. The van der Waals surface area contributed by atoms with Crippen LogP contribution in [0.25, 0.3) is 0 Å². The van der Waals surface area contributed by atoms with Crippen molar-refractivity contribution in [2.75, 3.05) is 26.8 Å². The Kier molecular flexibility index (Phi) is 9.05. The normalized spacial score (nSPS) is 25.9. The predicted molar refractivity (Wildman–Crippen MR) is 104 cm³/mol. The highest BCUT2D eigenvalue weighted by Gasteiger charge is 2.38. The number of aliphatic imine (C=N–C) groups is 1. The van der Waals surface area contributed by atoms with Crippen LogP contribution in [0.1, 0.15) is 58.8 Å². The Labute approximate surface area is 153 Å². The molecule has 2 rings (SSSR count). The lowest BCUT2D eigenvalue weighted by Gasteiger charge is -2.40. The number of nitrogens with zero attached hydrogens (tertiary/aromatic N) is 1. The minimum atomic E-state index is 0. The molecule has 2 aliphatic carbocycles. The molecule has 0 aromatic heterocycles. The van der Waals surface area contributed by atoms with Crippen LogP contribution < -0.4 is 10.6 Å². The van der Waals surface area contributed by atoms with E-state index in [-0.39, 0.29) is 24.0 Å². The molecule has 2 aliphatic rings. The van der Waals surface area contributed by atoms with Gasteiger partial charge in [0, 0.05) is 32.8 Å². The first kappa shape index (κ1) is 20.0. The van der Waals surface area contributed by atoms with E-state index in [0.29, 0.717) is 11.5 Å². The van der Waals surface area contributed by atoms with Gasteiger partial charge in [0.25, 0.3) is 0 Å². The maximum absolute atomic E-state index is 5.26. The summed E-state index contributed by atoms with van der Waals surface area (Å²) in [6, 6.07) is 0.652. The summed E-state index contributed by atoms with van der Waals surface area (Å²) in [5.74, 6) is 1.88. The van der Waals surface area contributed by atoms with Gasteiger partial charge in [-0.25, -0.2) is 0 Å². The molecule has 0 bridgehead atoms. The molecule has 0 saturated heterocycles. The Morgan fingerprint density at radius 3 is 2.64 bits per heavy atom. The number of rotatable bonds is 9. The molecule has 2 saturated carbocycles. The number of guanidine groups is 1. The molecular weight excluding hydrogens is 389 g/mol. The van der Waals surface area contributed by atoms with Crippen molar-refractivity contribution in [1.29, 1.82) is 0 Å². The number of nitrogens with one attached hydrogen (secondary N) is 2. The summed E-state index contributed by atoms with van der Waals surface area (Å²) in [6.07, 6.45) is 9.06. The Balaban J connectivity index is 0.00000242. The van der Waals surface area contributed by atoms with Crippen LogP contribution in [0.4, 0.5) is 0 Å². The Morgan fingerprint density at radius 2 is 2.09 bits per heavy atom. The van der Waals surface area contributed by atoms with Crippen LogP contribution in [0.15, 0.2) is 4.99 Å². The Bertz CT molecular complexity index is 345. The third kappa shape index (κ3) is 5.87. The van der Waals surface area contributed by atoms with E-state index in [9.17, 15) is 0 Å². The fraction of sp³-hybridized carbons (Fsp3) is 0.941. The van der Waals surface area contributed by atoms with E-state index >= 15 is 0 Å². The quantitative estimate of drug-likeness (QED) is 0.339. The highest BCUT2D eigenvalue weighted by atomic mass is 127. The van der Waals surface area contributed by atoms with Crippen LogP contribution >= 0.6 is 24.0 Å². The summed E-state index contributed by atoms with van der Waals surface area (Å²) in [7, 11) is 1.79. The maximum atomic E-state index is 5.26. The molecule has 0 amide bonds. The van der Waals surface area contributed by atoms with Gasteiger partial charge in [0.1, 0.15) is 0 Å². The topological polar surface area (TPSA) is 45.7 Å². The molecule has 0 spiro atoms. The lowest BCUT2D eigenvalue weighted by molar-refractivity contribution is 0.0778. The van der Waals surface area contributed by atoms with Crippen molar-refractivity contribution in [3.8, 4) is 0 Å². The van der Waals surface area contributed by atoms with Crippen molar-refractivity contribution in [1.82, 2.24) is 10.6 Å². The standard InChI is InChI=1S/C17H33N3O.HI/c1-4-7-14-12-15(14)20-16(18-5-2)19-13-17(8-6-9-17)10-11-21-3;/h14-15H,4-13H2,1-3H3,(H2,18,19,20);1H. The summed E-state index contributed by atoms with van der Waals surface area (Å²) in [6.45, 7) is 7.14. The lowest BCUT2D eigenvalue weighted by atomic mass is 9.67. The lowest BCUT2D eigenvalue weighted by Crippen LogP contribution is -2.41. The van der Waals surface area contributed by atoms with E-state index in [2.05, 4.69) is 24.5 Å². The van der Waals surface area contributed by atoms with Gasteiger partial charge in [-0.05, 0) is 50.4 Å². The second-order valence-electron chi connectivity index (χ2n) is 6.83. The highest BCUT2D eigenvalue weighted by molar-refractivity contribution is 14.0. The van der Waals surface area contributed by atoms with Gasteiger partial charge >= 0.3 is 0 Å². The van der Waals surface area contributed by atoms with Crippen molar-refractivity contribution < 1.29 is 4.74 Å². The van der Waals surface area contributed by atoms with Gasteiger partial charge in [0.05, 0.1) is 0 Å². The zero-order valence-electron chi connectivity index (χ0n) is 14.5. The average Bonchev–Trinajstić information content (AvgIpc) is 3.15. The van der Waals surface area contributed by atoms with Crippen LogP contribution in [-0.4, -0.2) is 38.8 Å². The molecule has 0 heterocycles. The van der Waals surface area contributed by atoms with Gasteiger partial charge in [-0.3, -0.25) is 4.99 Å². The van der Waals surface area contributed by atoms with Gasteiger partial charge < -0.3 is 15.4 Å². The monoisotopic (exact) mass is 423 g/mol. The fourth-order valence-corrected chi connectivity index (χ4v) is 3.34. The second-order valence-corrected chi connectivity index (χ2v) is 6.83. The molecule has 0 aliphatic heterocycles. The second kappa shape index (κ2) is 9.96.